The second kappa shape index (κ2) is 8.06. The van der Waals surface area contributed by atoms with Crippen LogP contribution in [0.3, 0.4) is 0 Å². The summed E-state index contributed by atoms with van der Waals surface area (Å²) >= 11 is 0. The summed E-state index contributed by atoms with van der Waals surface area (Å²) in [7, 11) is 0. The van der Waals surface area contributed by atoms with E-state index in [1.807, 2.05) is 12.1 Å². The summed E-state index contributed by atoms with van der Waals surface area (Å²) in [6.45, 7) is 9.03. The average Bonchev–Trinajstić information content (AvgIpc) is 3.35. The van der Waals surface area contributed by atoms with Crippen molar-refractivity contribution in [2.75, 3.05) is 5.32 Å². The van der Waals surface area contributed by atoms with Gasteiger partial charge in [-0.15, -0.1) is 0 Å². The van der Waals surface area contributed by atoms with Gasteiger partial charge in [0.15, 0.2) is 5.82 Å². The Hall–Kier alpha value is -2.98. The lowest BCUT2D eigenvalue weighted by Gasteiger charge is -2.40. The van der Waals surface area contributed by atoms with Gasteiger partial charge in [0.2, 0.25) is 0 Å². The summed E-state index contributed by atoms with van der Waals surface area (Å²) in [5, 5.41) is 12.0. The van der Waals surface area contributed by atoms with E-state index in [-0.39, 0.29) is 34.0 Å². The maximum Gasteiger partial charge on any atom is 0.291 e. The van der Waals surface area contributed by atoms with E-state index in [9.17, 15) is 4.79 Å². The molecule has 5 rings (SSSR count). The fraction of sp³-hybridized carbons (Fsp3) is 0.556. The van der Waals surface area contributed by atoms with Crippen molar-refractivity contribution in [2.45, 2.75) is 89.8 Å². The Morgan fingerprint density at radius 1 is 1.18 bits per heavy atom. The predicted molar refractivity (Wildman–Crippen MR) is 130 cm³/mol. The first-order valence-electron chi connectivity index (χ1n) is 12.2. The molecule has 3 aliphatic rings. The van der Waals surface area contributed by atoms with Crippen LogP contribution in [0.5, 0.6) is 0 Å². The molecule has 2 N–H and O–H groups in total. The number of ether oxygens (including phenoxy) is 1. The van der Waals surface area contributed by atoms with Gasteiger partial charge in [0.05, 0.1) is 28.8 Å². The van der Waals surface area contributed by atoms with E-state index < -0.39 is 0 Å². The van der Waals surface area contributed by atoms with Gasteiger partial charge in [0, 0.05) is 11.6 Å². The Morgan fingerprint density at radius 2 is 1.91 bits per heavy atom. The maximum atomic E-state index is 12.9. The van der Waals surface area contributed by atoms with Gasteiger partial charge in [-0.05, 0) is 81.9 Å². The van der Waals surface area contributed by atoms with Gasteiger partial charge in [-0.1, -0.05) is 19.9 Å². The summed E-state index contributed by atoms with van der Waals surface area (Å²) in [4.78, 5) is 24.8. The Bertz CT molecular complexity index is 1190. The molecule has 34 heavy (non-hydrogen) atoms. The number of anilines is 1. The molecule has 4 heterocycles. The number of aromatic nitrogens is 3. The molecule has 1 unspecified atom stereocenters. The van der Waals surface area contributed by atoms with Crippen LogP contribution in [-0.4, -0.2) is 32.1 Å². The van der Waals surface area contributed by atoms with Crippen LogP contribution in [0.1, 0.15) is 106 Å². The highest BCUT2D eigenvalue weighted by Gasteiger charge is 2.50. The van der Waals surface area contributed by atoms with Crippen molar-refractivity contribution in [1.29, 1.82) is 5.26 Å². The van der Waals surface area contributed by atoms with Crippen LogP contribution in [0.15, 0.2) is 24.4 Å². The normalized spacial score (nSPS) is 29.9. The summed E-state index contributed by atoms with van der Waals surface area (Å²) < 4.78 is 6.40. The molecule has 178 valence electrons. The van der Waals surface area contributed by atoms with Crippen LogP contribution in [0.4, 0.5) is 5.69 Å². The number of imidazole rings is 1. The van der Waals surface area contributed by atoms with Crippen molar-refractivity contribution < 1.29 is 9.53 Å². The van der Waals surface area contributed by atoms with Crippen molar-refractivity contribution in [1.82, 2.24) is 15.0 Å². The summed E-state index contributed by atoms with van der Waals surface area (Å²) in [6.07, 6.45) is 10.8. The second-order valence-corrected chi connectivity index (χ2v) is 11.5. The molecular formula is C27H33N5O2. The number of hydrogen-bond acceptors (Lipinski definition) is 5. The molecule has 2 aromatic rings. The van der Waals surface area contributed by atoms with E-state index >= 15 is 0 Å². The smallest absolute Gasteiger partial charge is 0.291 e. The van der Waals surface area contributed by atoms with Crippen LogP contribution < -0.4 is 5.32 Å². The van der Waals surface area contributed by atoms with Gasteiger partial charge in [0.25, 0.3) is 5.91 Å². The molecule has 0 aromatic carbocycles. The number of carbonyl (C=O) groups is 1. The number of fused-ring (bicyclic) bond motifs is 2. The van der Waals surface area contributed by atoms with Gasteiger partial charge < -0.3 is 15.0 Å². The number of hydrogen-bond donors (Lipinski definition) is 2. The van der Waals surface area contributed by atoms with E-state index in [1.54, 1.807) is 0 Å². The van der Waals surface area contributed by atoms with Gasteiger partial charge in [0.1, 0.15) is 11.8 Å². The molecule has 2 fully saturated rings. The number of H-pyrrole nitrogens is 1. The number of pyridine rings is 1. The number of aromatic amines is 1. The van der Waals surface area contributed by atoms with Crippen molar-refractivity contribution in [2.24, 2.45) is 5.41 Å². The molecular weight excluding hydrogens is 426 g/mol. The first-order chi connectivity index (χ1) is 16.1. The van der Waals surface area contributed by atoms with E-state index in [4.69, 9.17) is 15.0 Å². The second-order valence-electron chi connectivity index (χ2n) is 11.5. The molecule has 0 spiro atoms. The fourth-order valence-electron chi connectivity index (χ4n) is 5.85. The standard InChI is InChI=1S/C27H33N5O2/c1-25(2)9-7-17(8-10-25)22-21(32-24(33)23-29-16-19(15-28)30-23)6-5-20(31-22)18-13-26(3)11-12-27(4,14-18)34-26/h5-7,16,18H,8-14H2,1-4H3,(H,29,30)(H,32,33)/t18?,26-,27+. The van der Waals surface area contributed by atoms with Crippen molar-refractivity contribution in [3.63, 3.8) is 0 Å². The summed E-state index contributed by atoms with van der Waals surface area (Å²) in [5.74, 6) is 0.0732. The van der Waals surface area contributed by atoms with Crippen molar-refractivity contribution in [3.05, 3.63) is 47.3 Å². The molecule has 1 aliphatic carbocycles. The zero-order valence-corrected chi connectivity index (χ0v) is 20.5. The Balaban J connectivity index is 1.48. The monoisotopic (exact) mass is 459 g/mol. The third-order valence-corrected chi connectivity index (χ3v) is 7.80. The molecule has 1 amide bonds. The van der Waals surface area contributed by atoms with E-state index in [0.717, 1.165) is 56.3 Å². The van der Waals surface area contributed by atoms with E-state index in [1.165, 1.54) is 11.8 Å². The fourth-order valence-corrected chi connectivity index (χ4v) is 5.85. The van der Waals surface area contributed by atoms with Crippen LogP contribution >= 0.6 is 0 Å². The molecule has 2 bridgehead atoms. The highest BCUT2D eigenvalue weighted by atomic mass is 16.5. The van der Waals surface area contributed by atoms with Gasteiger partial charge in [-0.3, -0.25) is 9.78 Å². The van der Waals surface area contributed by atoms with Gasteiger partial charge >= 0.3 is 0 Å². The lowest BCUT2D eigenvalue weighted by molar-refractivity contribution is -0.127. The third kappa shape index (κ3) is 4.39. The van der Waals surface area contributed by atoms with Gasteiger partial charge in [-0.2, -0.15) is 5.26 Å². The first-order valence-corrected chi connectivity index (χ1v) is 12.2. The summed E-state index contributed by atoms with van der Waals surface area (Å²) in [5.41, 5.74) is 4.15. The minimum atomic E-state index is -0.377. The van der Waals surface area contributed by atoms with Crippen molar-refractivity contribution in [3.8, 4) is 6.07 Å². The number of nitriles is 1. The highest BCUT2D eigenvalue weighted by molar-refractivity contribution is 6.03. The van der Waals surface area contributed by atoms with Gasteiger partial charge in [-0.25, -0.2) is 4.98 Å². The SMILES string of the molecule is CC1(C)CC=C(c2nc(C3C[C@]4(C)CC[C@](C)(C3)O4)ccc2NC(=O)c2ncc(C#N)[nH]2)CC1. The lowest BCUT2D eigenvalue weighted by Crippen LogP contribution is -2.40. The molecule has 7 heteroatoms. The average molecular weight is 460 g/mol. The van der Waals surface area contributed by atoms with Crippen LogP contribution in [0.2, 0.25) is 0 Å². The number of rotatable bonds is 4. The minimum absolute atomic E-state index is 0.0851. The van der Waals surface area contributed by atoms with Crippen LogP contribution in [0.25, 0.3) is 5.57 Å². The molecule has 7 nitrogen and oxygen atoms in total. The number of allylic oxidation sites excluding steroid dienone is 2. The molecule has 3 atom stereocenters. The molecule has 2 saturated heterocycles. The van der Waals surface area contributed by atoms with E-state index in [2.05, 4.69) is 55.1 Å². The minimum Gasteiger partial charge on any atom is -0.369 e. The Labute approximate surface area is 201 Å². The number of amides is 1. The maximum absolute atomic E-state index is 12.9. The number of nitrogens with zero attached hydrogens (tertiary/aromatic N) is 3. The molecule has 2 aromatic heterocycles. The topological polar surface area (TPSA) is 104 Å². The zero-order valence-electron chi connectivity index (χ0n) is 20.5. The largest absolute Gasteiger partial charge is 0.369 e. The lowest BCUT2D eigenvalue weighted by atomic mass is 9.77. The predicted octanol–water partition coefficient (Wildman–Crippen LogP) is 5.73. The molecule has 0 radical (unpaired) electrons. The zero-order chi connectivity index (χ0) is 24.1. The first kappa shape index (κ1) is 22.8. The Morgan fingerprint density at radius 3 is 2.53 bits per heavy atom. The van der Waals surface area contributed by atoms with Crippen LogP contribution in [0, 0.1) is 16.7 Å². The van der Waals surface area contributed by atoms with Crippen molar-refractivity contribution >= 4 is 17.2 Å². The number of nitrogens with one attached hydrogen (secondary N) is 2. The molecule has 2 aliphatic heterocycles. The quantitative estimate of drug-likeness (QED) is 0.608. The Kier molecular flexibility index (Phi) is 5.40. The molecule has 0 saturated carbocycles. The highest BCUT2D eigenvalue weighted by Crippen LogP contribution is 2.53. The number of carbonyl (C=O) groups excluding carboxylic acids is 1. The third-order valence-electron chi connectivity index (χ3n) is 7.80. The van der Waals surface area contributed by atoms with E-state index in [0.29, 0.717) is 11.6 Å². The summed E-state index contributed by atoms with van der Waals surface area (Å²) in [6, 6.07) is 6.00. The van der Waals surface area contributed by atoms with Crippen LogP contribution in [-0.2, 0) is 4.74 Å².